The van der Waals surface area contributed by atoms with Gasteiger partial charge in [0.15, 0.2) is 0 Å². The van der Waals surface area contributed by atoms with Crippen LogP contribution >= 0.6 is 0 Å². The molecule has 0 spiro atoms. The summed E-state index contributed by atoms with van der Waals surface area (Å²) in [6.45, 7) is 6.61. The summed E-state index contributed by atoms with van der Waals surface area (Å²) in [5.74, 6) is -0.915. The summed E-state index contributed by atoms with van der Waals surface area (Å²) in [6, 6.07) is 16.0. The van der Waals surface area contributed by atoms with Crippen molar-refractivity contribution in [3.8, 4) is 0 Å². The molecule has 2 heterocycles. The molecule has 2 N–H and O–H groups in total. The number of anilines is 1. The molecule has 1 fully saturated rings. The highest BCUT2D eigenvalue weighted by atomic mass is 16.6. The number of aromatic nitrogens is 1. The normalized spacial score (nSPS) is 17.4. The number of ether oxygens (including phenoxy) is 3. The van der Waals surface area contributed by atoms with Gasteiger partial charge < -0.3 is 24.5 Å². The van der Waals surface area contributed by atoms with Gasteiger partial charge in [0.25, 0.3) is 0 Å². The monoisotopic (exact) mass is 521 g/mol. The fourth-order valence-electron chi connectivity index (χ4n) is 4.67. The molecule has 0 unspecified atom stereocenters. The molecule has 0 saturated carbocycles. The van der Waals surface area contributed by atoms with Crippen LogP contribution in [0.1, 0.15) is 55.6 Å². The second-order valence-corrected chi connectivity index (χ2v) is 10.4. The molecule has 9 heteroatoms. The molecule has 38 heavy (non-hydrogen) atoms. The first-order valence-corrected chi connectivity index (χ1v) is 12.8. The predicted octanol–water partition coefficient (Wildman–Crippen LogP) is 5.09. The van der Waals surface area contributed by atoms with E-state index in [1.807, 2.05) is 30.3 Å². The smallest absolute Gasteiger partial charge is 0.410 e. The van der Waals surface area contributed by atoms with Crippen LogP contribution in [0.25, 0.3) is 10.9 Å². The first kappa shape index (κ1) is 27.2. The highest BCUT2D eigenvalue weighted by Gasteiger charge is 2.44. The lowest BCUT2D eigenvalue weighted by molar-refractivity contribution is -0.120. The summed E-state index contributed by atoms with van der Waals surface area (Å²) in [5, 5.41) is 3.73. The molecule has 1 aliphatic heterocycles. The zero-order chi connectivity index (χ0) is 27.3. The van der Waals surface area contributed by atoms with Crippen molar-refractivity contribution in [2.45, 2.75) is 51.2 Å². The molecule has 9 nitrogen and oxygen atoms in total. The average Bonchev–Trinajstić information content (AvgIpc) is 3.51. The Balaban J connectivity index is 1.53. The number of hydrogen-bond donors (Lipinski definition) is 2. The van der Waals surface area contributed by atoms with Crippen molar-refractivity contribution in [1.82, 2.24) is 9.88 Å². The SMILES string of the molecule is COCCCOC(=O)c1cc2cc(NC(=O)[C@@H]3[C@H](c4ccccc4)CCN3C(=O)OC(C)(C)C)ccc2[nH]1. The Morgan fingerprint density at radius 2 is 1.82 bits per heavy atom. The van der Waals surface area contributed by atoms with Crippen molar-refractivity contribution in [2.24, 2.45) is 0 Å². The fraction of sp³-hybridized carbons (Fsp3) is 0.414. The van der Waals surface area contributed by atoms with Gasteiger partial charge in [-0.15, -0.1) is 0 Å². The summed E-state index contributed by atoms with van der Waals surface area (Å²) in [4.78, 5) is 43.6. The number of nitrogens with one attached hydrogen (secondary N) is 2. The first-order valence-electron chi connectivity index (χ1n) is 12.8. The third-order valence-corrected chi connectivity index (χ3v) is 6.36. The van der Waals surface area contributed by atoms with Gasteiger partial charge in [0.1, 0.15) is 17.3 Å². The van der Waals surface area contributed by atoms with E-state index in [2.05, 4.69) is 10.3 Å². The van der Waals surface area contributed by atoms with Gasteiger partial charge >= 0.3 is 12.1 Å². The molecule has 1 aromatic heterocycles. The van der Waals surface area contributed by atoms with Crippen molar-refractivity contribution < 1.29 is 28.6 Å². The standard InChI is InChI=1S/C29H35N3O6/c1-29(2,3)38-28(35)32-14-13-22(19-9-6-5-7-10-19)25(32)26(33)30-21-11-12-23-20(17-21)18-24(31-23)27(34)37-16-8-15-36-4/h5-7,9-12,17-18,22,25,31H,8,13-16H2,1-4H3,(H,30,33)/t22-,25-/m0/s1. The van der Waals surface area contributed by atoms with E-state index in [0.29, 0.717) is 37.4 Å². The lowest BCUT2D eigenvalue weighted by atomic mass is 9.91. The highest BCUT2D eigenvalue weighted by Crippen LogP contribution is 2.35. The minimum Gasteiger partial charge on any atom is -0.461 e. The molecule has 2 atom stereocenters. The largest absolute Gasteiger partial charge is 0.461 e. The van der Waals surface area contributed by atoms with E-state index in [4.69, 9.17) is 14.2 Å². The van der Waals surface area contributed by atoms with Crippen LogP contribution in [0.2, 0.25) is 0 Å². The second kappa shape index (κ2) is 11.7. The van der Waals surface area contributed by atoms with Crippen LogP contribution in [0.3, 0.4) is 0 Å². The molecule has 3 aromatic rings. The van der Waals surface area contributed by atoms with E-state index in [1.54, 1.807) is 52.1 Å². The van der Waals surface area contributed by atoms with E-state index < -0.39 is 23.7 Å². The molecule has 2 aromatic carbocycles. The molecular weight excluding hydrogens is 486 g/mol. The number of rotatable bonds is 8. The van der Waals surface area contributed by atoms with Gasteiger partial charge in [-0.25, -0.2) is 9.59 Å². The van der Waals surface area contributed by atoms with Crippen molar-refractivity contribution in [2.75, 3.05) is 32.2 Å². The lowest BCUT2D eigenvalue weighted by Crippen LogP contribution is -2.47. The number of fused-ring (bicyclic) bond motifs is 1. The number of hydrogen-bond acceptors (Lipinski definition) is 6. The maximum absolute atomic E-state index is 13.6. The van der Waals surface area contributed by atoms with Gasteiger partial charge in [0.2, 0.25) is 5.91 Å². The Hall–Kier alpha value is -3.85. The number of likely N-dealkylation sites (tertiary alicyclic amines) is 1. The molecule has 1 saturated heterocycles. The van der Waals surface area contributed by atoms with Gasteiger partial charge in [-0.2, -0.15) is 0 Å². The number of H-pyrrole nitrogens is 1. The highest BCUT2D eigenvalue weighted by molar-refractivity contribution is 6.00. The predicted molar refractivity (Wildman–Crippen MR) is 144 cm³/mol. The van der Waals surface area contributed by atoms with E-state index in [1.165, 1.54) is 4.90 Å². The van der Waals surface area contributed by atoms with Crippen LogP contribution in [0.15, 0.2) is 54.6 Å². The van der Waals surface area contributed by atoms with Gasteiger partial charge in [0, 0.05) is 49.2 Å². The topological polar surface area (TPSA) is 110 Å². The van der Waals surface area contributed by atoms with Crippen LogP contribution in [0.4, 0.5) is 10.5 Å². The van der Waals surface area contributed by atoms with Gasteiger partial charge in [-0.05, 0) is 57.0 Å². The molecular formula is C29H35N3O6. The number of aromatic amines is 1. The Bertz CT molecular complexity index is 1280. The first-order chi connectivity index (χ1) is 18.2. The molecule has 4 rings (SSSR count). The Morgan fingerprint density at radius 3 is 2.53 bits per heavy atom. The van der Waals surface area contributed by atoms with E-state index in [0.717, 1.165) is 16.5 Å². The summed E-state index contributed by atoms with van der Waals surface area (Å²) in [7, 11) is 1.60. The molecule has 2 amide bonds. The third kappa shape index (κ3) is 6.52. The van der Waals surface area contributed by atoms with Crippen LogP contribution in [-0.4, -0.2) is 66.4 Å². The minimum atomic E-state index is -0.730. The minimum absolute atomic E-state index is 0.167. The van der Waals surface area contributed by atoms with Crippen LogP contribution in [0.5, 0.6) is 0 Å². The Kier molecular flexibility index (Phi) is 8.36. The summed E-state index contributed by atoms with van der Waals surface area (Å²) in [6.07, 6.45) is 0.754. The molecule has 0 bridgehead atoms. The third-order valence-electron chi connectivity index (χ3n) is 6.36. The van der Waals surface area contributed by atoms with E-state index >= 15 is 0 Å². The van der Waals surface area contributed by atoms with Gasteiger partial charge in [-0.3, -0.25) is 9.69 Å². The van der Waals surface area contributed by atoms with E-state index in [-0.39, 0.29) is 18.4 Å². The van der Waals surface area contributed by atoms with Crippen LogP contribution in [0, 0.1) is 0 Å². The zero-order valence-corrected chi connectivity index (χ0v) is 22.3. The van der Waals surface area contributed by atoms with Crippen molar-refractivity contribution >= 4 is 34.6 Å². The molecule has 0 radical (unpaired) electrons. The molecule has 0 aliphatic carbocycles. The van der Waals surface area contributed by atoms with Crippen LogP contribution < -0.4 is 5.32 Å². The number of esters is 1. The summed E-state index contributed by atoms with van der Waals surface area (Å²) in [5.41, 5.74) is 1.95. The number of carbonyl (C=O) groups is 3. The molecule has 1 aliphatic rings. The zero-order valence-electron chi connectivity index (χ0n) is 22.3. The second-order valence-electron chi connectivity index (χ2n) is 10.4. The van der Waals surface area contributed by atoms with Crippen molar-refractivity contribution in [1.29, 1.82) is 0 Å². The van der Waals surface area contributed by atoms with Crippen LogP contribution in [-0.2, 0) is 19.0 Å². The van der Waals surface area contributed by atoms with Gasteiger partial charge in [0.05, 0.1) is 6.61 Å². The van der Waals surface area contributed by atoms with Gasteiger partial charge in [-0.1, -0.05) is 30.3 Å². The summed E-state index contributed by atoms with van der Waals surface area (Å²) < 4.78 is 15.9. The fourth-order valence-corrected chi connectivity index (χ4v) is 4.67. The van der Waals surface area contributed by atoms with Crippen molar-refractivity contribution in [3.63, 3.8) is 0 Å². The maximum Gasteiger partial charge on any atom is 0.410 e. The number of carbonyl (C=O) groups excluding carboxylic acids is 3. The maximum atomic E-state index is 13.6. The average molecular weight is 522 g/mol. The Morgan fingerprint density at radius 1 is 1.05 bits per heavy atom. The number of benzene rings is 2. The molecule has 202 valence electrons. The van der Waals surface area contributed by atoms with Crippen molar-refractivity contribution in [3.05, 3.63) is 65.9 Å². The number of amides is 2. The Labute approximate surface area is 222 Å². The summed E-state index contributed by atoms with van der Waals surface area (Å²) >= 11 is 0. The number of nitrogens with zero attached hydrogens (tertiary/aromatic N) is 1. The number of methoxy groups -OCH3 is 1. The van der Waals surface area contributed by atoms with E-state index in [9.17, 15) is 14.4 Å². The lowest BCUT2D eigenvalue weighted by Gasteiger charge is -2.30. The quantitative estimate of drug-likeness (QED) is 0.316.